The van der Waals surface area contributed by atoms with Gasteiger partial charge in [-0.3, -0.25) is 4.79 Å². The fourth-order valence-corrected chi connectivity index (χ4v) is 1.42. The number of aliphatic hydroxyl groups is 4. The van der Waals surface area contributed by atoms with Crippen molar-refractivity contribution in [2.75, 3.05) is 0 Å². The van der Waals surface area contributed by atoms with Crippen LogP contribution >= 0.6 is 7.82 Å². The van der Waals surface area contributed by atoms with Crippen LogP contribution in [-0.4, -0.2) is 77.6 Å². The van der Waals surface area contributed by atoms with Crippen LogP contribution in [0.15, 0.2) is 0 Å². The van der Waals surface area contributed by atoms with Gasteiger partial charge < -0.3 is 45.6 Å². The minimum Gasteiger partial charge on any atom is -0.388 e. The first kappa shape index (κ1) is 19.5. The van der Waals surface area contributed by atoms with Crippen molar-refractivity contribution in [2.24, 2.45) is 5.73 Å². The molecule has 0 bridgehead atoms. The number of aliphatic hydroxyl groups excluding tert-OH is 4. The van der Waals surface area contributed by atoms with Crippen molar-refractivity contribution in [3.8, 4) is 0 Å². The van der Waals surface area contributed by atoms with Crippen molar-refractivity contribution < 1.29 is 49.2 Å². The molecule has 1 rings (SSSR count). The highest BCUT2D eigenvalue weighted by molar-refractivity contribution is 7.45. The van der Waals surface area contributed by atoms with Gasteiger partial charge in [0.25, 0.3) is 0 Å². The number of rotatable bonds is 2. The first-order valence-electron chi connectivity index (χ1n) is 5.28. The van der Waals surface area contributed by atoms with E-state index in [0.29, 0.717) is 0 Å². The molecule has 0 aromatic carbocycles. The molecule has 12 heteroatoms. The molecule has 0 amide bonds. The minimum absolute atomic E-state index is 0.631. The molecule has 20 heavy (non-hydrogen) atoms. The smallest absolute Gasteiger partial charge is 0.388 e. The van der Waals surface area contributed by atoms with Gasteiger partial charge in [0.15, 0.2) is 12.1 Å². The molecule has 11 nitrogen and oxygen atoms in total. The van der Waals surface area contributed by atoms with Gasteiger partial charge in [-0.2, -0.15) is 0 Å². The van der Waals surface area contributed by atoms with E-state index < -0.39 is 50.4 Å². The summed E-state index contributed by atoms with van der Waals surface area (Å²) in [6, 6.07) is -1.17. The zero-order valence-corrected chi connectivity index (χ0v) is 11.2. The molecule has 0 saturated carbocycles. The lowest BCUT2D eigenvalue weighted by atomic mass is 9.93. The Morgan fingerprint density at radius 1 is 1.20 bits per heavy atom. The first-order valence-corrected chi connectivity index (χ1v) is 6.84. The van der Waals surface area contributed by atoms with Crippen molar-refractivity contribution in [2.45, 2.75) is 43.7 Å². The Bertz CT molecular complexity index is 364. The molecule has 9 N–H and O–H groups in total. The summed E-state index contributed by atoms with van der Waals surface area (Å²) < 4.78 is 13.6. The molecule has 6 atom stereocenters. The van der Waals surface area contributed by atoms with Crippen LogP contribution in [0.3, 0.4) is 0 Å². The van der Waals surface area contributed by atoms with Gasteiger partial charge in [0.1, 0.15) is 24.4 Å². The SMILES string of the molecule is CC(=O)C(O)[C@H]1OC(O)[C@H](N)[C@@H](O)[C@@H]1O.O=P(O)(O)O. The fraction of sp³-hybridized carbons (Fsp3) is 0.875. The number of phosphoric acid groups is 1. The Kier molecular flexibility index (Phi) is 7.35. The minimum atomic E-state index is -4.64. The molecule has 1 aliphatic heterocycles. The van der Waals surface area contributed by atoms with Crippen molar-refractivity contribution >= 4 is 13.6 Å². The molecule has 1 fully saturated rings. The number of Topliss-reactive ketones (excluding diaryl/α,β-unsaturated/α-hetero) is 1. The quantitative estimate of drug-likeness (QED) is 0.228. The Morgan fingerprint density at radius 3 is 1.95 bits per heavy atom. The van der Waals surface area contributed by atoms with Crippen molar-refractivity contribution in [1.29, 1.82) is 0 Å². The molecule has 1 aliphatic rings. The average molecular weight is 319 g/mol. The van der Waals surface area contributed by atoms with Crippen LogP contribution < -0.4 is 5.73 Å². The summed E-state index contributed by atoms with van der Waals surface area (Å²) in [5, 5.41) is 37.4. The third-order valence-electron chi connectivity index (χ3n) is 2.43. The zero-order chi connectivity index (χ0) is 16.2. The van der Waals surface area contributed by atoms with Crippen LogP contribution in [0.2, 0.25) is 0 Å². The molecule has 0 aromatic heterocycles. The first-order chi connectivity index (χ1) is 8.86. The van der Waals surface area contributed by atoms with Crippen LogP contribution in [0.1, 0.15) is 6.92 Å². The van der Waals surface area contributed by atoms with Gasteiger partial charge in [-0.05, 0) is 6.92 Å². The lowest BCUT2D eigenvalue weighted by molar-refractivity contribution is -0.259. The van der Waals surface area contributed by atoms with Crippen molar-refractivity contribution in [3.05, 3.63) is 0 Å². The van der Waals surface area contributed by atoms with Crippen LogP contribution in [0, 0.1) is 0 Å². The monoisotopic (exact) mass is 319 g/mol. The molecule has 2 unspecified atom stereocenters. The third-order valence-corrected chi connectivity index (χ3v) is 2.43. The summed E-state index contributed by atoms with van der Waals surface area (Å²) in [6.07, 6.45) is -7.46. The lowest BCUT2D eigenvalue weighted by Gasteiger charge is -2.40. The van der Waals surface area contributed by atoms with E-state index in [1.807, 2.05) is 0 Å². The number of carbonyl (C=O) groups excluding carboxylic acids is 1. The van der Waals surface area contributed by atoms with Gasteiger partial charge in [0.2, 0.25) is 0 Å². The molecule has 0 aromatic rings. The lowest BCUT2D eigenvalue weighted by Crippen LogP contribution is -2.64. The number of ether oxygens (including phenoxy) is 1. The van der Waals surface area contributed by atoms with E-state index in [2.05, 4.69) is 0 Å². The summed E-state index contributed by atoms with van der Waals surface area (Å²) in [5.41, 5.74) is 5.30. The summed E-state index contributed by atoms with van der Waals surface area (Å²) in [6.45, 7) is 1.11. The maximum absolute atomic E-state index is 10.8. The maximum atomic E-state index is 10.8. The number of hydrogen-bond acceptors (Lipinski definition) is 8. The van der Waals surface area contributed by atoms with E-state index in [1.165, 1.54) is 0 Å². The van der Waals surface area contributed by atoms with Crippen LogP contribution in [-0.2, 0) is 14.1 Å². The topological polar surface area (TPSA) is 211 Å². The summed E-state index contributed by atoms with van der Waals surface area (Å²) in [5.74, 6) is -0.631. The Balaban J connectivity index is 0.000000621. The van der Waals surface area contributed by atoms with Gasteiger partial charge in [0, 0.05) is 0 Å². The van der Waals surface area contributed by atoms with E-state index in [-0.39, 0.29) is 0 Å². The fourth-order valence-electron chi connectivity index (χ4n) is 1.42. The molecule has 0 spiro atoms. The summed E-state index contributed by atoms with van der Waals surface area (Å²) in [7, 11) is -4.64. The van der Waals surface area contributed by atoms with E-state index in [0.717, 1.165) is 6.92 Å². The molecular weight excluding hydrogens is 301 g/mol. The molecular formula is C8H18NO10P. The summed E-state index contributed by atoms with van der Waals surface area (Å²) >= 11 is 0. The highest BCUT2D eigenvalue weighted by Gasteiger charge is 2.45. The third kappa shape index (κ3) is 6.33. The Hall–Kier alpha value is -0.460. The molecule has 0 aliphatic carbocycles. The second kappa shape index (κ2) is 7.52. The largest absolute Gasteiger partial charge is 0.466 e. The second-order valence-corrected chi connectivity index (χ2v) is 5.15. The Labute approximate surface area is 113 Å². The van der Waals surface area contributed by atoms with Gasteiger partial charge in [0.05, 0.1) is 6.04 Å². The zero-order valence-electron chi connectivity index (χ0n) is 10.3. The van der Waals surface area contributed by atoms with Crippen LogP contribution in [0.4, 0.5) is 0 Å². The predicted molar refractivity (Wildman–Crippen MR) is 61.8 cm³/mol. The Morgan fingerprint density at radius 2 is 1.60 bits per heavy atom. The maximum Gasteiger partial charge on any atom is 0.466 e. The molecule has 0 radical (unpaired) electrons. The van der Waals surface area contributed by atoms with E-state index in [4.69, 9.17) is 29.7 Å². The number of nitrogens with two attached hydrogens (primary N) is 1. The molecule has 1 heterocycles. The second-order valence-electron chi connectivity index (χ2n) is 4.12. The highest BCUT2D eigenvalue weighted by atomic mass is 31.2. The predicted octanol–water partition coefficient (Wildman–Crippen LogP) is -4.23. The van der Waals surface area contributed by atoms with Crippen LogP contribution in [0.5, 0.6) is 0 Å². The summed E-state index contributed by atoms with van der Waals surface area (Å²) in [4.78, 5) is 32.4. The number of hydrogen-bond donors (Lipinski definition) is 8. The van der Waals surface area contributed by atoms with Gasteiger partial charge in [-0.25, -0.2) is 4.57 Å². The van der Waals surface area contributed by atoms with Crippen molar-refractivity contribution in [1.82, 2.24) is 0 Å². The molecule has 1 saturated heterocycles. The highest BCUT2D eigenvalue weighted by Crippen LogP contribution is 2.25. The van der Waals surface area contributed by atoms with Gasteiger partial charge in [-0.1, -0.05) is 0 Å². The van der Waals surface area contributed by atoms with Crippen molar-refractivity contribution in [3.63, 3.8) is 0 Å². The van der Waals surface area contributed by atoms with E-state index >= 15 is 0 Å². The molecule has 120 valence electrons. The van der Waals surface area contributed by atoms with E-state index in [9.17, 15) is 25.2 Å². The van der Waals surface area contributed by atoms with Gasteiger partial charge >= 0.3 is 7.82 Å². The van der Waals surface area contributed by atoms with E-state index in [1.54, 1.807) is 0 Å². The van der Waals surface area contributed by atoms with Gasteiger partial charge in [-0.15, -0.1) is 0 Å². The standard InChI is InChI=1S/C8H15NO6.H3O4P/c1-2(10)4(11)7-6(13)5(12)3(9)8(14)15-7;1-5(2,3)4/h3-8,11-14H,9H2,1H3;(H3,1,2,3,4)/t3-,4?,5-,6+,7-,8?;/m1./s1. The number of ketones is 1. The van der Waals surface area contributed by atoms with Crippen LogP contribution in [0.25, 0.3) is 0 Å². The average Bonchev–Trinajstić information content (AvgIpc) is 2.28. The number of carbonyl (C=O) groups is 1. The normalized spacial score (nSPS) is 35.8.